The Morgan fingerprint density at radius 3 is 2.39 bits per heavy atom. The van der Waals surface area contributed by atoms with E-state index in [4.69, 9.17) is 46.4 Å². The van der Waals surface area contributed by atoms with E-state index in [0.29, 0.717) is 26.4 Å². The van der Waals surface area contributed by atoms with Gasteiger partial charge in [-0.05, 0) is 30.3 Å². The summed E-state index contributed by atoms with van der Waals surface area (Å²) >= 11 is 24.2. The Morgan fingerprint density at radius 2 is 1.75 bits per heavy atom. The van der Waals surface area contributed by atoms with Crippen LogP contribution in [-0.2, 0) is 4.79 Å². The highest BCUT2D eigenvalue weighted by Crippen LogP contribution is 2.30. The molecular weight excluding hydrogens is 446 g/mol. The zero-order valence-corrected chi connectivity index (χ0v) is 17.5. The molecule has 28 heavy (non-hydrogen) atoms. The molecule has 0 spiro atoms. The van der Waals surface area contributed by atoms with Crippen molar-refractivity contribution >= 4 is 75.6 Å². The fourth-order valence-corrected chi connectivity index (χ4v) is 3.23. The van der Waals surface area contributed by atoms with Crippen LogP contribution in [0, 0.1) is 0 Å². The van der Waals surface area contributed by atoms with Gasteiger partial charge < -0.3 is 5.32 Å². The number of anilines is 2. The van der Waals surface area contributed by atoms with E-state index in [1.165, 1.54) is 11.9 Å². The molecule has 0 aromatic heterocycles. The number of hydrogen-bond acceptors (Lipinski definition) is 4. The van der Waals surface area contributed by atoms with Crippen molar-refractivity contribution in [3.63, 3.8) is 0 Å². The molecule has 1 N–H and O–H groups in total. The molecule has 1 aliphatic rings. The fourth-order valence-electron chi connectivity index (χ4n) is 2.57. The molecule has 146 valence electrons. The number of alkyl halides is 1. The Labute approximate surface area is 181 Å². The highest BCUT2D eigenvalue weighted by atomic mass is 35.5. The number of carbonyl (C=O) groups is 2. The van der Waals surface area contributed by atoms with E-state index in [9.17, 15) is 9.59 Å². The molecule has 3 rings (SSSR count). The van der Waals surface area contributed by atoms with E-state index in [0.717, 1.165) is 4.90 Å². The number of benzene rings is 2. The monoisotopic (exact) mass is 458 g/mol. The molecule has 1 aliphatic heterocycles. The number of hydrogen-bond donors (Lipinski definition) is 1. The Morgan fingerprint density at radius 1 is 1.04 bits per heavy atom. The van der Waals surface area contributed by atoms with E-state index in [1.807, 2.05) is 0 Å². The topological polar surface area (TPSA) is 65.0 Å². The quantitative estimate of drug-likeness (QED) is 0.498. The standard InChI is InChI=1S/C18H14Cl4N4O2/c1-25-17(27)16(26(18(25)28)14-5-3-2-4-12(14)21)24-15(9-19)23-10-6-7-11(20)13(22)8-10/h2-8,15,23H,9H2,1H3. The second-order valence-corrected chi connectivity index (χ2v) is 7.36. The molecule has 3 amide bonds. The second-order valence-electron chi connectivity index (χ2n) is 5.83. The first kappa shape index (κ1) is 20.7. The highest BCUT2D eigenvalue weighted by molar-refractivity contribution is 6.55. The van der Waals surface area contributed by atoms with Gasteiger partial charge in [0.25, 0.3) is 5.91 Å². The molecule has 1 unspecified atom stereocenters. The second kappa shape index (κ2) is 8.57. The van der Waals surface area contributed by atoms with Crippen LogP contribution in [0.2, 0.25) is 15.1 Å². The van der Waals surface area contributed by atoms with Crippen molar-refractivity contribution in [2.45, 2.75) is 6.17 Å². The number of imide groups is 1. The van der Waals surface area contributed by atoms with Gasteiger partial charge in [0, 0.05) is 12.7 Å². The lowest BCUT2D eigenvalue weighted by Gasteiger charge is -2.19. The average Bonchev–Trinajstić information content (AvgIpc) is 2.88. The first-order chi connectivity index (χ1) is 13.3. The van der Waals surface area contributed by atoms with Crippen LogP contribution < -0.4 is 10.2 Å². The summed E-state index contributed by atoms with van der Waals surface area (Å²) in [5.41, 5.74) is 0.965. The minimum absolute atomic E-state index is 0.0330. The number of urea groups is 1. The summed E-state index contributed by atoms with van der Waals surface area (Å²) in [6.07, 6.45) is -0.706. The van der Waals surface area contributed by atoms with Crippen molar-refractivity contribution in [3.05, 3.63) is 57.5 Å². The summed E-state index contributed by atoms with van der Waals surface area (Å²) in [5.74, 6) is -0.611. The number of rotatable bonds is 5. The molecule has 0 saturated carbocycles. The lowest BCUT2D eigenvalue weighted by atomic mass is 10.3. The fraction of sp³-hybridized carbons (Fsp3) is 0.167. The van der Waals surface area contributed by atoms with Gasteiger partial charge in [0.05, 0.1) is 26.6 Å². The summed E-state index contributed by atoms with van der Waals surface area (Å²) in [7, 11) is 1.37. The summed E-state index contributed by atoms with van der Waals surface area (Å²) in [5, 5.41) is 4.13. The van der Waals surface area contributed by atoms with Gasteiger partial charge in [0.1, 0.15) is 6.17 Å². The molecule has 2 aromatic carbocycles. The lowest BCUT2D eigenvalue weighted by molar-refractivity contribution is -0.119. The summed E-state index contributed by atoms with van der Waals surface area (Å²) in [4.78, 5) is 31.7. The molecule has 10 heteroatoms. The van der Waals surface area contributed by atoms with Crippen molar-refractivity contribution < 1.29 is 9.59 Å². The van der Waals surface area contributed by atoms with Gasteiger partial charge in [-0.2, -0.15) is 0 Å². The number of likely N-dealkylation sites (N-methyl/N-ethyl adjacent to an activating group) is 1. The van der Waals surface area contributed by atoms with Gasteiger partial charge >= 0.3 is 6.03 Å². The van der Waals surface area contributed by atoms with Gasteiger partial charge in [-0.1, -0.05) is 46.9 Å². The van der Waals surface area contributed by atoms with Crippen LogP contribution in [0.3, 0.4) is 0 Å². The Kier molecular flexibility index (Phi) is 6.35. The average molecular weight is 460 g/mol. The van der Waals surface area contributed by atoms with Crippen LogP contribution in [0.5, 0.6) is 0 Å². The van der Waals surface area contributed by atoms with Crippen LogP contribution in [0.15, 0.2) is 47.5 Å². The van der Waals surface area contributed by atoms with E-state index in [1.54, 1.807) is 42.5 Å². The van der Waals surface area contributed by atoms with Gasteiger partial charge in [0.15, 0.2) is 0 Å². The van der Waals surface area contributed by atoms with Gasteiger partial charge in [0.2, 0.25) is 5.84 Å². The third kappa shape index (κ3) is 4.05. The third-order valence-electron chi connectivity index (χ3n) is 3.96. The molecule has 0 bridgehead atoms. The zero-order valence-electron chi connectivity index (χ0n) is 14.5. The van der Waals surface area contributed by atoms with E-state index >= 15 is 0 Å². The first-order valence-electron chi connectivity index (χ1n) is 8.05. The number of halogens is 4. The van der Waals surface area contributed by atoms with Crippen molar-refractivity contribution in [2.75, 3.05) is 23.1 Å². The largest absolute Gasteiger partial charge is 0.363 e. The highest BCUT2D eigenvalue weighted by Gasteiger charge is 2.42. The van der Waals surface area contributed by atoms with Gasteiger partial charge in [-0.3, -0.25) is 9.69 Å². The smallest absolute Gasteiger partial charge is 0.337 e. The Hall–Kier alpha value is -1.99. The van der Waals surface area contributed by atoms with Crippen molar-refractivity contribution in [2.24, 2.45) is 4.99 Å². The molecule has 1 atom stereocenters. The summed E-state index contributed by atoms with van der Waals surface area (Å²) in [6.45, 7) is 0. The summed E-state index contributed by atoms with van der Waals surface area (Å²) in [6, 6.07) is 11.1. The van der Waals surface area contributed by atoms with Crippen LogP contribution >= 0.6 is 46.4 Å². The number of amidine groups is 1. The lowest BCUT2D eigenvalue weighted by Crippen LogP contribution is -2.34. The van der Waals surface area contributed by atoms with Gasteiger partial charge in [-0.25, -0.2) is 14.7 Å². The number of nitrogens with one attached hydrogen (secondary N) is 1. The molecular formula is C18H14Cl4N4O2. The summed E-state index contributed by atoms with van der Waals surface area (Å²) < 4.78 is 0. The third-order valence-corrected chi connectivity index (χ3v) is 5.31. The number of amides is 3. The number of aliphatic imine (C=N–C) groups is 1. The van der Waals surface area contributed by atoms with Gasteiger partial charge in [-0.15, -0.1) is 11.6 Å². The van der Waals surface area contributed by atoms with E-state index in [-0.39, 0.29) is 11.7 Å². The maximum Gasteiger partial charge on any atom is 0.337 e. The number of para-hydroxylation sites is 1. The van der Waals surface area contributed by atoms with Crippen LogP contribution in [-0.4, -0.2) is 41.8 Å². The molecule has 1 fully saturated rings. The predicted molar refractivity (Wildman–Crippen MR) is 114 cm³/mol. The number of nitrogens with zero attached hydrogens (tertiary/aromatic N) is 3. The minimum Gasteiger partial charge on any atom is -0.363 e. The van der Waals surface area contributed by atoms with E-state index in [2.05, 4.69) is 10.3 Å². The van der Waals surface area contributed by atoms with Crippen molar-refractivity contribution in [1.82, 2.24) is 4.90 Å². The molecule has 1 saturated heterocycles. The zero-order chi connectivity index (χ0) is 20.4. The van der Waals surface area contributed by atoms with Crippen molar-refractivity contribution in [1.29, 1.82) is 0 Å². The van der Waals surface area contributed by atoms with Crippen LogP contribution in [0.1, 0.15) is 0 Å². The maximum absolute atomic E-state index is 12.6. The molecule has 6 nitrogen and oxygen atoms in total. The normalized spacial score (nSPS) is 16.8. The maximum atomic E-state index is 12.6. The van der Waals surface area contributed by atoms with Crippen LogP contribution in [0.25, 0.3) is 0 Å². The van der Waals surface area contributed by atoms with Crippen LogP contribution in [0.4, 0.5) is 16.2 Å². The SMILES string of the molecule is CN1C(=O)C(=NC(CCl)Nc2ccc(Cl)c(Cl)c2)N(c2ccccc2Cl)C1=O. The molecule has 0 aliphatic carbocycles. The van der Waals surface area contributed by atoms with E-state index < -0.39 is 18.1 Å². The van der Waals surface area contributed by atoms with Crippen molar-refractivity contribution in [3.8, 4) is 0 Å². The molecule has 1 heterocycles. The Balaban J connectivity index is 1.97. The number of carbonyl (C=O) groups excluding carboxylic acids is 2. The predicted octanol–water partition coefficient (Wildman–Crippen LogP) is 5.12. The molecule has 0 radical (unpaired) electrons. The molecule has 2 aromatic rings. The first-order valence-corrected chi connectivity index (χ1v) is 9.72. The minimum atomic E-state index is -0.706. The Bertz CT molecular complexity index is 966.